The third kappa shape index (κ3) is 2.39. The first-order valence-corrected chi connectivity index (χ1v) is 5.85. The van der Waals surface area contributed by atoms with Crippen LogP contribution in [0, 0.1) is 6.92 Å². The third-order valence-corrected chi connectivity index (χ3v) is 3.05. The molecule has 0 aliphatic rings. The fourth-order valence-electron chi connectivity index (χ4n) is 1.40. The molecule has 0 spiro atoms. The molecule has 4 heteroatoms. The number of aryl methyl sites for hydroxylation is 1. The number of rotatable bonds is 3. The van der Waals surface area contributed by atoms with Crippen LogP contribution in [0.2, 0.25) is 0 Å². The highest BCUT2D eigenvalue weighted by Gasteiger charge is 2.05. The molecule has 0 aliphatic heterocycles. The molecule has 0 atom stereocenters. The number of nitrogens with zero attached hydrogens (tertiary/aromatic N) is 1. The van der Waals surface area contributed by atoms with Crippen LogP contribution in [-0.4, -0.2) is 16.2 Å². The zero-order valence-electron chi connectivity index (χ0n) is 9.16. The van der Waals surface area contributed by atoms with Gasteiger partial charge in [0.15, 0.2) is 0 Å². The molecule has 2 heterocycles. The van der Waals surface area contributed by atoms with Gasteiger partial charge < -0.3 is 5.32 Å². The van der Waals surface area contributed by atoms with Gasteiger partial charge in [0, 0.05) is 17.0 Å². The molecule has 0 radical (unpaired) electrons. The van der Waals surface area contributed by atoms with Crippen LogP contribution in [0.3, 0.4) is 0 Å². The quantitative estimate of drug-likeness (QED) is 0.835. The van der Waals surface area contributed by atoms with Crippen molar-refractivity contribution in [1.82, 2.24) is 10.2 Å². The number of nitrogens with one attached hydrogen (secondary N) is 2. The Balaban J connectivity index is 2.20. The lowest BCUT2D eigenvalue weighted by Gasteiger charge is -2.04. The summed E-state index contributed by atoms with van der Waals surface area (Å²) in [6.45, 7) is 6.31. The summed E-state index contributed by atoms with van der Waals surface area (Å²) in [7, 11) is 0. The van der Waals surface area contributed by atoms with E-state index in [1.807, 2.05) is 6.07 Å². The summed E-state index contributed by atoms with van der Waals surface area (Å²) in [6.07, 6.45) is 0. The van der Waals surface area contributed by atoms with Crippen LogP contribution in [0.4, 0.5) is 5.82 Å². The average molecular weight is 221 g/mol. The van der Waals surface area contributed by atoms with E-state index in [9.17, 15) is 0 Å². The lowest BCUT2D eigenvalue weighted by atomic mass is 10.3. The minimum absolute atomic E-state index is 0.409. The molecule has 2 aromatic heterocycles. The molecular weight excluding hydrogens is 206 g/mol. The van der Waals surface area contributed by atoms with Gasteiger partial charge >= 0.3 is 0 Å². The van der Waals surface area contributed by atoms with Gasteiger partial charge in [0.2, 0.25) is 0 Å². The second kappa shape index (κ2) is 4.06. The maximum atomic E-state index is 4.21. The molecule has 2 rings (SSSR count). The fourth-order valence-corrected chi connectivity index (χ4v) is 2.23. The summed E-state index contributed by atoms with van der Waals surface area (Å²) in [4.78, 5) is 2.55. The Bertz CT molecular complexity index is 442. The molecule has 0 fully saturated rings. The van der Waals surface area contributed by atoms with Gasteiger partial charge in [0.1, 0.15) is 5.82 Å². The van der Waals surface area contributed by atoms with E-state index in [2.05, 4.69) is 48.4 Å². The summed E-state index contributed by atoms with van der Waals surface area (Å²) in [6, 6.07) is 6.69. The van der Waals surface area contributed by atoms with Gasteiger partial charge in [-0.3, -0.25) is 5.10 Å². The van der Waals surface area contributed by atoms with Crippen LogP contribution in [0.5, 0.6) is 0 Å². The van der Waals surface area contributed by atoms with E-state index in [-0.39, 0.29) is 0 Å². The van der Waals surface area contributed by atoms with Gasteiger partial charge in [-0.1, -0.05) is 0 Å². The van der Waals surface area contributed by atoms with Gasteiger partial charge in [-0.25, -0.2) is 0 Å². The van der Waals surface area contributed by atoms with Crippen LogP contribution >= 0.6 is 11.3 Å². The molecular formula is C11H15N3S. The number of hydrogen-bond acceptors (Lipinski definition) is 3. The topological polar surface area (TPSA) is 40.7 Å². The van der Waals surface area contributed by atoms with Gasteiger partial charge in [-0.15, -0.1) is 11.3 Å². The maximum absolute atomic E-state index is 4.21. The van der Waals surface area contributed by atoms with Crippen molar-refractivity contribution in [3.8, 4) is 10.6 Å². The summed E-state index contributed by atoms with van der Waals surface area (Å²) < 4.78 is 0. The normalized spacial score (nSPS) is 10.9. The molecule has 0 aliphatic carbocycles. The molecule has 2 N–H and O–H groups in total. The largest absolute Gasteiger partial charge is 0.366 e. The molecule has 0 aromatic carbocycles. The van der Waals surface area contributed by atoms with Crippen molar-refractivity contribution in [3.05, 3.63) is 23.1 Å². The van der Waals surface area contributed by atoms with Crippen molar-refractivity contribution in [2.24, 2.45) is 0 Å². The van der Waals surface area contributed by atoms with Gasteiger partial charge in [0.05, 0.1) is 10.6 Å². The Morgan fingerprint density at radius 3 is 2.80 bits per heavy atom. The van der Waals surface area contributed by atoms with Crippen molar-refractivity contribution in [2.45, 2.75) is 26.8 Å². The number of thiophene rings is 1. The van der Waals surface area contributed by atoms with E-state index in [1.54, 1.807) is 11.3 Å². The monoisotopic (exact) mass is 221 g/mol. The van der Waals surface area contributed by atoms with Gasteiger partial charge in [-0.05, 0) is 32.9 Å². The maximum Gasteiger partial charge on any atom is 0.148 e. The molecule has 0 amide bonds. The molecule has 80 valence electrons. The smallest absolute Gasteiger partial charge is 0.148 e. The van der Waals surface area contributed by atoms with E-state index < -0.39 is 0 Å². The van der Waals surface area contributed by atoms with E-state index in [4.69, 9.17) is 0 Å². The number of H-pyrrole nitrogens is 1. The highest BCUT2D eigenvalue weighted by molar-refractivity contribution is 7.15. The second-order valence-electron chi connectivity index (χ2n) is 3.88. The zero-order valence-corrected chi connectivity index (χ0v) is 9.98. The molecule has 0 bridgehead atoms. The van der Waals surface area contributed by atoms with Crippen molar-refractivity contribution < 1.29 is 0 Å². The number of anilines is 1. The lowest BCUT2D eigenvalue weighted by Crippen LogP contribution is -2.09. The third-order valence-electron chi connectivity index (χ3n) is 2.02. The van der Waals surface area contributed by atoms with Crippen molar-refractivity contribution in [3.63, 3.8) is 0 Å². The summed E-state index contributed by atoms with van der Waals surface area (Å²) in [5.74, 6) is 0.908. The van der Waals surface area contributed by atoms with Gasteiger partial charge in [0.25, 0.3) is 0 Å². The Morgan fingerprint density at radius 1 is 1.40 bits per heavy atom. The first-order chi connectivity index (χ1) is 7.15. The molecule has 0 unspecified atom stereocenters. The predicted octanol–water partition coefficient (Wildman–Crippen LogP) is 3.27. The highest BCUT2D eigenvalue weighted by Crippen LogP contribution is 2.27. The van der Waals surface area contributed by atoms with Crippen LogP contribution in [-0.2, 0) is 0 Å². The average Bonchev–Trinajstić information content (AvgIpc) is 2.72. The Morgan fingerprint density at radius 2 is 2.20 bits per heavy atom. The highest BCUT2D eigenvalue weighted by atomic mass is 32.1. The Kier molecular flexibility index (Phi) is 2.77. The van der Waals surface area contributed by atoms with Crippen LogP contribution < -0.4 is 5.32 Å². The first-order valence-electron chi connectivity index (χ1n) is 5.04. The van der Waals surface area contributed by atoms with E-state index >= 15 is 0 Å². The van der Waals surface area contributed by atoms with Crippen LogP contribution in [0.15, 0.2) is 18.2 Å². The summed E-state index contributed by atoms with van der Waals surface area (Å²) in [5, 5.41) is 10.5. The molecule has 2 aromatic rings. The lowest BCUT2D eigenvalue weighted by molar-refractivity contribution is 0.884. The Hall–Kier alpha value is -1.29. The SMILES string of the molecule is Cc1ccc(-c2cc(NC(C)C)n[nH]2)s1. The fraction of sp³-hybridized carbons (Fsp3) is 0.364. The zero-order chi connectivity index (χ0) is 10.8. The van der Waals surface area contributed by atoms with Crippen LogP contribution in [0.1, 0.15) is 18.7 Å². The van der Waals surface area contributed by atoms with E-state index in [1.165, 1.54) is 9.75 Å². The number of aromatic amines is 1. The predicted molar refractivity (Wildman–Crippen MR) is 65.4 cm³/mol. The standard InChI is InChI=1S/C11H15N3S/c1-7(2)12-11-6-9(13-14-11)10-5-4-8(3)15-10/h4-7H,1-3H3,(H2,12,13,14). The molecule has 3 nitrogen and oxygen atoms in total. The van der Waals surface area contributed by atoms with Crippen molar-refractivity contribution >= 4 is 17.2 Å². The summed E-state index contributed by atoms with van der Waals surface area (Å²) >= 11 is 1.77. The van der Waals surface area contributed by atoms with Gasteiger partial charge in [-0.2, -0.15) is 5.10 Å². The molecule has 15 heavy (non-hydrogen) atoms. The first kappa shape index (κ1) is 10.2. The van der Waals surface area contributed by atoms with E-state index in [0.29, 0.717) is 6.04 Å². The molecule has 0 saturated carbocycles. The number of aromatic nitrogens is 2. The van der Waals surface area contributed by atoms with E-state index in [0.717, 1.165) is 11.5 Å². The minimum Gasteiger partial charge on any atom is -0.366 e. The van der Waals surface area contributed by atoms with Crippen LogP contribution in [0.25, 0.3) is 10.6 Å². The van der Waals surface area contributed by atoms with Crippen molar-refractivity contribution in [1.29, 1.82) is 0 Å². The second-order valence-corrected chi connectivity index (χ2v) is 5.16. The number of hydrogen-bond donors (Lipinski definition) is 2. The summed E-state index contributed by atoms with van der Waals surface area (Å²) in [5.41, 5.74) is 1.08. The minimum atomic E-state index is 0.409. The Labute approximate surface area is 93.5 Å². The molecule has 0 saturated heterocycles. The van der Waals surface area contributed by atoms with Crippen molar-refractivity contribution in [2.75, 3.05) is 5.32 Å².